The molecule has 32 heavy (non-hydrogen) atoms. The number of ether oxygens (including phenoxy) is 1. The van der Waals surface area contributed by atoms with Crippen molar-refractivity contribution in [2.24, 2.45) is 5.92 Å². The summed E-state index contributed by atoms with van der Waals surface area (Å²) in [7, 11) is 4.19. The van der Waals surface area contributed by atoms with Gasteiger partial charge in [0.2, 0.25) is 5.91 Å². The SMILES string of the molecule is CC(=O)N1CC(CCN(C)C)Cc2ccc(OCc3ccc(-c4ccccc4)cc3)cc21. The summed E-state index contributed by atoms with van der Waals surface area (Å²) in [5, 5.41) is 0. The van der Waals surface area contributed by atoms with E-state index < -0.39 is 0 Å². The van der Waals surface area contributed by atoms with Crippen LogP contribution >= 0.6 is 0 Å². The van der Waals surface area contributed by atoms with Gasteiger partial charge in [-0.2, -0.15) is 0 Å². The molecular weight excluding hydrogens is 396 g/mol. The highest BCUT2D eigenvalue weighted by Crippen LogP contribution is 2.34. The number of benzene rings is 3. The van der Waals surface area contributed by atoms with Crippen LogP contribution in [0.25, 0.3) is 11.1 Å². The van der Waals surface area contributed by atoms with Crippen LogP contribution in [0.4, 0.5) is 5.69 Å². The molecule has 0 fully saturated rings. The molecule has 4 rings (SSSR count). The average molecular weight is 429 g/mol. The number of rotatable bonds is 7. The van der Waals surface area contributed by atoms with Crippen molar-refractivity contribution in [2.75, 3.05) is 32.1 Å². The van der Waals surface area contributed by atoms with Crippen molar-refractivity contribution in [3.8, 4) is 16.9 Å². The van der Waals surface area contributed by atoms with Crippen molar-refractivity contribution >= 4 is 11.6 Å². The Morgan fingerprint density at radius 2 is 1.72 bits per heavy atom. The molecule has 0 N–H and O–H groups in total. The number of carbonyl (C=O) groups is 1. The highest BCUT2D eigenvalue weighted by Gasteiger charge is 2.27. The van der Waals surface area contributed by atoms with E-state index in [9.17, 15) is 4.79 Å². The Balaban J connectivity index is 1.43. The van der Waals surface area contributed by atoms with Gasteiger partial charge >= 0.3 is 0 Å². The third-order valence-electron chi connectivity index (χ3n) is 6.13. The van der Waals surface area contributed by atoms with Crippen molar-refractivity contribution in [2.45, 2.75) is 26.4 Å². The second kappa shape index (κ2) is 10.0. The predicted molar refractivity (Wildman–Crippen MR) is 131 cm³/mol. The Morgan fingerprint density at radius 1 is 1.00 bits per heavy atom. The van der Waals surface area contributed by atoms with E-state index in [0.717, 1.165) is 42.9 Å². The lowest BCUT2D eigenvalue weighted by molar-refractivity contribution is -0.116. The largest absolute Gasteiger partial charge is 0.489 e. The van der Waals surface area contributed by atoms with Crippen molar-refractivity contribution in [3.05, 3.63) is 83.9 Å². The first-order chi connectivity index (χ1) is 15.5. The minimum absolute atomic E-state index is 0.0921. The van der Waals surface area contributed by atoms with E-state index in [0.29, 0.717) is 12.5 Å². The fourth-order valence-corrected chi connectivity index (χ4v) is 4.31. The summed E-state index contributed by atoms with van der Waals surface area (Å²) in [5.41, 5.74) is 5.76. The topological polar surface area (TPSA) is 32.8 Å². The van der Waals surface area contributed by atoms with Crippen LogP contribution in [0.3, 0.4) is 0 Å². The predicted octanol–water partition coefficient (Wildman–Crippen LogP) is 5.41. The quantitative estimate of drug-likeness (QED) is 0.504. The van der Waals surface area contributed by atoms with E-state index in [2.05, 4.69) is 73.6 Å². The molecule has 166 valence electrons. The molecule has 3 aromatic carbocycles. The third-order valence-corrected chi connectivity index (χ3v) is 6.13. The van der Waals surface area contributed by atoms with E-state index >= 15 is 0 Å². The van der Waals surface area contributed by atoms with Gasteiger partial charge in [-0.1, -0.05) is 60.7 Å². The molecule has 1 aliphatic rings. The van der Waals surface area contributed by atoms with Gasteiger partial charge in [-0.25, -0.2) is 0 Å². The maximum absolute atomic E-state index is 12.4. The number of hydrogen-bond acceptors (Lipinski definition) is 3. The van der Waals surface area contributed by atoms with E-state index in [4.69, 9.17) is 4.74 Å². The molecule has 0 saturated carbocycles. The maximum atomic E-state index is 12.4. The van der Waals surface area contributed by atoms with Crippen LogP contribution in [0.15, 0.2) is 72.8 Å². The third kappa shape index (κ3) is 5.38. The number of carbonyl (C=O) groups excluding carboxylic acids is 1. The van der Waals surface area contributed by atoms with Gasteiger partial charge in [-0.05, 0) is 67.7 Å². The smallest absolute Gasteiger partial charge is 0.223 e. The van der Waals surface area contributed by atoms with Crippen molar-refractivity contribution in [3.63, 3.8) is 0 Å². The van der Waals surface area contributed by atoms with Gasteiger partial charge in [0.25, 0.3) is 0 Å². The molecule has 4 nitrogen and oxygen atoms in total. The van der Waals surface area contributed by atoms with Gasteiger partial charge in [0.15, 0.2) is 0 Å². The van der Waals surface area contributed by atoms with E-state index in [1.165, 1.54) is 16.7 Å². The van der Waals surface area contributed by atoms with E-state index in [-0.39, 0.29) is 5.91 Å². The second-order valence-corrected chi connectivity index (χ2v) is 8.93. The molecule has 1 amide bonds. The molecule has 1 heterocycles. The Bertz CT molecular complexity index is 1040. The minimum Gasteiger partial charge on any atom is -0.489 e. The van der Waals surface area contributed by atoms with Gasteiger partial charge in [0, 0.05) is 19.5 Å². The average Bonchev–Trinajstić information content (AvgIpc) is 2.81. The summed E-state index contributed by atoms with van der Waals surface area (Å²) in [4.78, 5) is 16.5. The lowest BCUT2D eigenvalue weighted by atomic mass is 9.90. The molecule has 1 aliphatic heterocycles. The van der Waals surface area contributed by atoms with Crippen molar-refractivity contribution in [1.29, 1.82) is 0 Å². The zero-order valence-electron chi connectivity index (χ0n) is 19.3. The normalized spacial score (nSPS) is 15.5. The lowest BCUT2D eigenvalue weighted by Crippen LogP contribution is -2.39. The maximum Gasteiger partial charge on any atom is 0.223 e. The molecule has 0 aliphatic carbocycles. The fourth-order valence-electron chi connectivity index (χ4n) is 4.31. The molecule has 0 bridgehead atoms. The standard InChI is InChI=1S/C28H32N2O2/c1-21(31)30-19-23(15-16-29(2)3)17-26-13-14-27(18-28(26)30)32-20-22-9-11-25(12-10-22)24-7-5-4-6-8-24/h4-14,18,23H,15-17,19-20H2,1-3H3. The summed E-state index contributed by atoms with van der Waals surface area (Å²) in [6, 6.07) is 25.0. The Labute approximate surface area is 191 Å². The molecule has 1 atom stereocenters. The van der Waals surface area contributed by atoms with Crippen LogP contribution in [-0.2, 0) is 17.8 Å². The van der Waals surface area contributed by atoms with Gasteiger partial charge in [0.1, 0.15) is 12.4 Å². The summed E-state index contributed by atoms with van der Waals surface area (Å²) >= 11 is 0. The summed E-state index contributed by atoms with van der Waals surface area (Å²) in [6.07, 6.45) is 2.10. The molecule has 3 aromatic rings. The highest BCUT2D eigenvalue weighted by molar-refractivity contribution is 5.93. The Morgan fingerprint density at radius 3 is 2.41 bits per heavy atom. The number of nitrogens with zero attached hydrogens (tertiary/aromatic N) is 2. The monoisotopic (exact) mass is 428 g/mol. The first kappa shape index (κ1) is 22.1. The Hall–Kier alpha value is -3.11. The van der Waals surface area contributed by atoms with Crippen LogP contribution in [0.1, 0.15) is 24.5 Å². The van der Waals surface area contributed by atoms with Gasteiger partial charge in [-0.15, -0.1) is 0 Å². The fraction of sp³-hybridized carbons (Fsp3) is 0.321. The van der Waals surface area contributed by atoms with Crippen molar-refractivity contribution in [1.82, 2.24) is 4.90 Å². The number of amides is 1. The number of anilines is 1. The number of fused-ring (bicyclic) bond motifs is 1. The van der Waals surface area contributed by atoms with Crippen LogP contribution < -0.4 is 9.64 Å². The molecule has 4 heteroatoms. The zero-order chi connectivity index (χ0) is 22.5. The molecular formula is C28H32N2O2. The van der Waals surface area contributed by atoms with Gasteiger partial charge < -0.3 is 14.5 Å². The Kier molecular flexibility index (Phi) is 6.91. The first-order valence-electron chi connectivity index (χ1n) is 11.3. The number of hydrogen-bond donors (Lipinski definition) is 0. The van der Waals surface area contributed by atoms with E-state index in [1.54, 1.807) is 6.92 Å². The molecule has 0 saturated heterocycles. The minimum atomic E-state index is 0.0921. The first-order valence-corrected chi connectivity index (χ1v) is 11.3. The summed E-state index contributed by atoms with van der Waals surface area (Å²) < 4.78 is 6.09. The summed E-state index contributed by atoms with van der Waals surface area (Å²) in [5.74, 6) is 1.38. The van der Waals surface area contributed by atoms with Crippen LogP contribution in [0.2, 0.25) is 0 Å². The lowest BCUT2D eigenvalue weighted by Gasteiger charge is -2.35. The second-order valence-electron chi connectivity index (χ2n) is 8.93. The highest BCUT2D eigenvalue weighted by atomic mass is 16.5. The van der Waals surface area contributed by atoms with Crippen molar-refractivity contribution < 1.29 is 9.53 Å². The summed E-state index contributed by atoms with van der Waals surface area (Å²) in [6.45, 7) is 3.97. The molecule has 0 aromatic heterocycles. The van der Waals surface area contributed by atoms with Gasteiger partial charge in [-0.3, -0.25) is 4.79 Å². The van der Waals surface area contributed by atoms with Crippen LogP contribution in [-0.4, -0.2) is 38.0 Å². The van der Waals surface area contributed by atoms with E-state index in [1.807, 2.05) is 23.1 Å². The molecule has 0 radical (unpaired) electrons. The molecule has 1 unspecified atom stereocenters. The molecule has 0 spiro atoms. The van der Waals surface area contributed by atoms with Crippen LogP contribution in [0, 0.1) is 5.92 Å². The zero-order valence-corrected chi connectivity index (χ0v) is 19.3. The van der Waals surface area contributed by atoms with Crippen LogP contribution in [0.5, 0.6) is 5.75 Å². The van der Waals surface area contributed by atoms with Gasteiger partial charge in [0.05, 0.1) is 5.69 Å².